The molecule has 0 aromatic heterocycles. The van der Waals surface area contributed by atoms with Crippen molar-refractivity contribution in [1.29, 1.82) is 0 Å². The summed E-state index contributed by atoms with van der Waals surface area (Å²) in [5, 5.41) is 9.12. The fraction of sp³-hybridized carbons (Fsp3) is 1.00. The number of hydrogen-bond donors (Lipinski definition) is 2. The van der Waals surface area contributed by atoms with Crippen LogP contribution in [0.5, 0.6) is 0 Å². The quantitative estimate of drug-likeness (QED) is 0.473. The molecule has 1 aliphatic heterocycles. The predicted octanol–water partition coefficient (Wildman–Crippen LogP) is -0.329. The van der Waals surface area contributed by atoms with E-state index < -0.39 is 12.3 Å². The van der Waals surface area contributed by atoms with Gasteiger partial charge >= 0.3 is 0 Å². The van der Waals surface area contributed by atoms with Crippen molar-refractivity contribution >= 4 is 0 Å². The monoisotopic (exact) mass is 192 g/mol. The van der Waals surface area contributed by atoms with Gasteiger partial charge in [-0.1, -0.05) is 0 Å². The standard InChI is InChI=1S/C8H17FN2O2/c9-7-6-11(3-1-5-13-10)4-2-8(7)12/h7-8,12H,1-6,10H2. The van der Waals surface area contributed by atoms with E-state index >= 15 is 0 Å². The summed E-state index contributed by atoms with van der Waals surface area (Å²) >= 11 is 0. The van der Waals surface area contributed by atoms with Crippen molar-refractivity contribution in [2.45, 2.75) is 25.1 Å². The Hall–Kier alpha value is -0.230. The SMILES string of the molecule is NOCCCN1CCC(O)C(F)C1. The highest BCUT2D eigenvalue weighted by atomic mass is 19.1. The maximum absolute atomic E-state index is 13.0. The summed E-state index contributed by atoms with van der Waals surface area (Å²) in [6.45, 7) is 2.36. The molecule has 1 aliphatic rings. The highest BCUT2D eigenvalue weighted by Crippen LogP contribution is 2.13. The Morgan fingerprint density at radius 3 is 3.00 bits per heavy atom. The molecule has 13 heavy (non-hydrogen) atoms. The van der Waals surface area contributed by atoms with E-state index in [-0.39, 0.29) is 0 Å². The lowest BCUT2D eigenvalue weighted by Gasteiger charge is -2.31. The Kier molecular flexibility index (Phi) is 4.58. The minimum atomic E-state index is -1.10. The van der Waals surface area contributed by atoms with Crippen LogP contribution >= 0.6 is 0 Å². The van der Waals surface area contributed by atoms with E-state index in [0.29, 0.717) is 19.6 Å². The zero-order valence-electron chi connectivity index (χ0n) is 7.66. The second kappa shape index (κ2) is 5.49. The van der Waals surface area contributed by atoms with Gasteiger partial charge in [-0.3, -0.25) is 0 Å². The minimum absolute atomic E-state index is 0.325. The van der Waals surface area contributed by atoms with Gasteiger partial charge in [0, 0.05) is 19.6 Å². The third-order valence-corrected chi connectivity index (χ3v) is 2.33. The first-order chi connectivity index (χ1) is 6.24. The van der Waals surface area contributed by atoms with Crippen LogP contribution in [0.25, 0.3) is 0 Å². The van der Waals surface area contributed by atoms with Gasteiger partial charge in [-0.25, -0.2) is 10.3 Å². The number of halogens is 1. The highest BCUT2D eigenvalue weighted by molar-refractivity contribution is 4.79. The van der Waals surface area contributed by atoms with Gasteiger partial charge in [-0.05, 0) is 12.8 Å². The smallest absolute Gasteiger partial charge is 0.138 e. The summed E-state index contributed by atoms with van der Waals surface area (Å²) in [5.74, 6) is 4.86. The van der Waals surface area contributed by atoms with Crippen LogP contribution in [0.4, 0.5) is 4.39 Å². The fourth-order valence-electron chi connectivity index (χ4n) is 1.53. The van der Waals surface area contributed by atoms with Gasteiger partial charge < -0.3 is 14.8 Å². The molecule has 4 nitrogen and oxygen atoms in total. The van der Waals surface area contributed by atoms with Crippen LogP contribution in [0.1, 0.15) is 12.8 Å². The van der Waals surface area contributed by atoms with Crippen LogP contribution in [-0.2, 0) is 4.84 Å². The van der Waals surface area contributed by atoms with Crippen molar-refractivity contribution in [1.82, 2.24) is 4.90 Å². The molecule has 1 fully saturated rings. The lowest BCUT2D eigenvalue weighted by atomic mass is 10.1. The van der Waals surface area contributed by atoms with Gasteiger partial charge in [0.15, 0.2) is 0 Å². The number of aliphatic hydroxyl groups is 1. The number of aliphatic hydroxyl groups excluding tert-OH is 1. The molecule has 2 atom stereocenters. The van der Waals surface area contributed by atoms with Crippen LogP contribution in [0.2, 0.25) is 0 Å². The van der Waals surface area contributed by atoms with E-state index in [4.69, 9.17) is 11.0 Å². The van der Waals surface area contributed by atoms with Gasteiger partial charge in [-0.2, -0.15) is 0 Å². The number of alkyl halides is 1. The van der Waals surface area contributed by atoms with Gasteiger partial charge in [0.1, 0.15) is 6.17 Å². The molecule has 5 heteroatoms. The first-order valence-corrected chi connectivity index (χ1v) is 4.60. The Balaban J connectivity index is 2.14. The fourth-order valence-corrected chi connectivity index (χ4v) is 1.53. The molecule has 0 bridgehead atoms. The second-order valence-corrected chi connectivity index (χ2v) is 3.40. The molecular formula is C8H17FN2O2. The van der Waals surface area contributed by atoms with E-state index in [1.54, 1.807) is 0 Å². The minimum Gasteiger partial charge on any atom is -0.390 e. The number of rotatable bonds is 4. The van der Waals surface area contributed by atoms with Crippen molar-refractivity contribution in [2.75, 3.05) is 26.2 Å². The maximum atomic E-state index is 13.0. The number of likely N-dealkylation sites (tertiary alicyclic amines) is 1. The molecule has 1 saturated heterocycles. The lowest BCUT2D eigenvalue weighted by molar-refractivity contribution is 0.00359. The van der Waals surface area contributed by atoms with E-state index in [0.717, 1.165) is 19.5 Å². The summed E-state index contributed by atoms with van der Waals surface area (Å²) in [7, 11) is 0. The molecule has 2 unspecified atom stereocenters. The van der Waals surface area contributed by atoms with Crippen molar-refractivity contribution < 1.29 is 14.3 Å². The van der Waals surface area contributed by atoms with Gasteiger partial charge in [0.05, 0.1) is 12.7 Å². The Morgan fingerprint density at radius 1 is 1.62 bits per heavy atom. The van der Waals surface area contributed by atoms with Crippen molar-refractivity contribution in [2.24, 2.45) is 5.90 Å². The average molecular weight is 192 g/mol. The topological polar surface area (TPSA) is 58.7 Å². The Morgan fingerprint density at radius 2 is 2.38 bits per heavy atom. The predicted molar refractivity (Wildman–Crippen MR) is 46.7 cm³/mol. The maximum Gasteiger partial charge on any atom is 0.138 e. The normalized spacial score (nSPS) is 30.7. The third kappa shape index (κ3) is 3.56. The van der Waals surface area contributed by atoms with E-state index in [1.165, 1.54) is 0 Å². The third-order valence-electron chi connectivity index (χ3n) is 2.33. The number of piperidine rings is 1. The van der Waals surface area contributed by atoms with E-state index in [1.807, 2.05) is 4.90 Å². The lowest BCUT2D eigenvalue weighted by Crippen LogP contribution is -2.44. The first-order valence-electron chi connectivity index (χ1n) is 4.60. The number of nitrogens with zero attached hydrogens (tertiary/aromatic N) is 1. The van der Waals surface area contributed by atoms with Crippen molar-refractivity contribution in [3.8, 4) is 0 Å². The molecule has 1 heterocycles. The van der Waals surface area contributed by atoms with Crippen LogP contribution < -0.4 is 5.90 Å². The molecule has 0 aliphatic carbocycles. The van der Waals surface area contributed by atoms with Gasteiger partial charge in [0.25, 0.3) is 0 Å². The molecule has 0 aromatic carbocycles. The molecule has 0 saturated carbocycles. The molecule has 78 valence electrons. The summed E-state index contributed by atoms with van der Waals surface area (Å²) < 4.78 is 13.0. The van der Waals surface area contributed by atoms with Gasteiger partial charge in [-0.15, -0.1) is 0 Å². The summed E-state index contributed by atoms with van der Waals surface area (Å²) in [6.07, 6.45) is -0.557. The number of nitrogens with two attached hydrogens (primary N) is 1. The summed E-state index contributed by atoms with van der Waals surface area (Å²) in [4.78, 5) is 6.39. The molecule has 3 N–H and O–H groups in total. The van der Waals surface area contributed by atoms with Crippen molar-refractivity contribution in [3.63, 3.8) is 0 Å². The summed E-state index contributed by atoms with van der Waals surface area (Å²) in [6, 6.07) is 0. The Labute approximate surface area is 77.4 Å². The van der Waals surface area contributed by atoms with Crippen LogP contribution in [-0.4, -0.2) is 48.5 Å². The van der Waals surface area contributed by atoms with Crippen LogP contribution in [0.15, 0.2) is 0 Å². The molecule has 1 rings (SSSR count). The van der Waals surface area contributed by atoms with Crippen LogP contribution in [0.3, 0.4) is 0 Å². The highest BCUT2D eigenvalue weighted by Gasteiger charge is 2.26. The van der Waals surface area contributed by atoms with E-state index in [9.17, 15) is 4.39 Å². The molecular weight excluding hydrogens is 175 g/mol. The largest absolute Gasteiger partial charge is 0.390 e. The average Bonchev–Trinajstić information content (AvgIpc) is 2.12. The number of hydrogen-bond acceptors (Lipinski definition) is 4. The molecule has 0 radical (unpaired) electrons. The summed E-state index contributed by atoms with van der Waals surface area (Å²) in [5.41, 5.74) is 0. The molecule has 0 amide bonds. The second-order valence-electron chi connectivity index (χ2n) is 3.40. The van der Waals surface area contributed by atoms with E-state index in [2.05, 4.69) is 4.84 Å². The van der Waals surface area contributed by atoms with Crippen LogP contribution in [0, 0.1) is 0 Å². The van der Waals surface area contributed by atoms with Gasteiger partial charge in [0.2, 0.25) is 0 Å². The van der Waals surface area contributed by atoms with Crippen molar-refractivity contribution in [3.05, 3.63) is 0 Å². The molecule has 0 spiro atoms. The molecule has 0 aromatic rings. The zero-order chi connectivity index (χ0) is 9.68. The first kappa shape index (κ1) is 10.8. The Bertz CT molecular complexity index is 148. The zero-order valence-corrected chi connectivity index (χ0v) is 7.66.